The van der Waals surface area contributed by atoms with Gasteiger partial charge in [0.1, 0.15) is 5.82 Å². The van der Waals surface area contributed by atoms with Crippen LogP contribution in [-0.2, 0) is 0 Å². The highest BCUT2D eigenvalue weighted by molar-refractivity contribution is 9.09. The van der Waals surface area contributed by atoms with Gasteiger partial charge in [-0.15, -0.1) is 11.3 Å². The first-order valence-electron chi connectivity index (χ1n) is 4.62. The molecule has 1 aromatic carbocycles. The Morgan fingerprint density at radius 1 is 1.20 bits per heavy atom. The van der Waals surface area contributed by atoms with E-state index in [1.807, 2.05) is 12.1 Å². The molecule has 0 bridgehead atoms. The van der Waals surface area contributed by atoms with Gasteiger partial charge in [-0.1, -0.05) is 28.1 Å². The summed E-state index contributed by atoms with van der Waals surface area (Å²) in [5.41, 5.74) is 2.35. The van der Waals surface area contributed by atoms with Gasteiger partial charge in [0, 0.05) is 4.88 Å². The maximum Gasteiger partial charge on any atom is 0.123 e. The van der Waals surface area contributed by atoms with Gasteiger partial charge in [-0.3, -0.25) is 0 Å². The average molecular weight is 285 g/mol. The van der Waals surface area contributed by atoms with Gasteiger partial charge < -0.3 is 0 Å². The van der Waals surface area contributed by atoms with E-state index in [1.54, 1.807) is 11.3 Å². The van der Waals surface area contributed by atoms with E-state index in [2.05, 4.69) is 34.3 Å². The minimum absolute atomic E-state index is 0.165. The molecule has 0 aliphatic rings. The van der Waals surface area contributed by atoms with Crippen molar-refractivity contribution in [2.75, 3.05) is 0 Å². The molecule has 1 atom stereocenters. The van der Waals surface area contributed by atoms with E-state index in [1.165, 1.54) is 22.6 Å². The molecule has 0 N–H and O–H groups in total. The van der Waals surface area contributed by atoms with E-state index < -0.39 is 0 Å². The molecule has 0 aliphatic heterocycles. The second-order valence-corrected chi connectivity index (χ2v) is 5.25. The Hall–Kier alpha value is -0.670. The number of aryl methyl sites for hydroxylation is 1. The van der Waals surface area contributed by atoms with Gasteiger partial charge in [-0.05, 0) is 41.6 Å². The van der Waals surface area contributed by atoms with Crippen LogP contribution in [-0.4, -0.2) is 0 Å². The molecule has 2 aromatic rings. The van der Waals surface area contributed by atoms with E-state index in [9.17, 15) is 4.39 Å². The van der Waals surface area contributed by atoms with Gasteiger partial charge in [0.15, 0.2) is 0 Å². The van der Waals surface area contributed by atoms with E-state index in [0.717, 1.165) is 5.56 Å². The summed E-state index contributed by atoms with van der Waals surface area (Å²) in [5.74, 6) is -0.193. The van der Waals surface area contributed by atoms with E-state index in [-0.39, 0.29) is 10.6 Å². The average Bonchev–Trinajstić information content (AvgIpc) is 2.65. The minimum atomic E-state index is -0.193. The molecule has 15 heavy (non-hydrogen) atoms. The third-order valence-corrected chi connectivity index (χ3v) is 4.67. The first kappa shape index (κ1) is 10.8. The summed E-state index contributed by atoms with van der Waals surface area (Å²) in [4.78, 5) is 1.44. The highest BCUT2D eigenvalue weighted by Crippen LogP contribution is 2.35. The maximum atomic E-state index is 12.8. The lowest BCUT2D eigenvalue weighted by Gasteiger charge is -2.09. The van der Waals surface area contributed by atoms with Crippen LogP contribution in [0.3, 0.4) is 0 Å². The molecule has 2 rings (SSSR count). The molecule has 1 unspecified atom stereocenters. The van der Waals surface area contributed by atoms with Crippen LogP contribution in [0, 0.1) is 12.7 Å². The second-order valence-electron chi connectivity index (χ2n) is 3.38. The molecule has 0 saturated heterocycles. The highest BCUT2D eigenvalue weighted by Gasteiger charge is 2.13. The summed E-state index contributed by atoms with van der Waals surface area (Å²) in [5, 5.41) is 2.07. The number of thiophene rings is 1. The molecular weight excluding hydrogens is 275 g/mol. The molecule has 0 fully saturated rings. The molecule has 0 saturated carbocycles. The van der Waals surface area contributed by atoms with Crippen molar-refractivity contribution in [2.24, 2.45) is 0 Å². The number of hydrogen-bond acceptors (Lipinski definition) is 1. The lowest BCUT2D eigenvalue weighted by atomic mass is 10.1. The Kier molecular flexibility index (Phi) is 3.22. The zero-order valence-electron chi connectivity index (χ0n) is 8.21. The van der Waals surface area contributed by atoms with E-state index >= 15 is 0 Å². The number of benzene rings is 1. The predicted molar refractivity (Wildman–Crippen MR) is 66.2 cm³/mol. The Bertz CT molecular complexity index is 447. The third-order valence-electron chi connectivity index (χ3n) is 2.29. The maximum absolute atomic E-state index is 12.8. The normalized spacial score (nSPS) is 12.7. The number of halogens is 2. The molecule has 1 aromatic heterocycles. The van der Waals surface area contributed by atoms with E-state index in [0.29, 0.717) is 0 Å². The lowest BCUT2D eigenvalue weighted by Crippen LogP contribution is -1.91. The van der Waals surface area contributed by atoms with Crippen molar-refractivity contribution in [2.45, 2.75) is 11.8 Å². The lowest BCUT2D eigenvalue weighted by molar-refractivity contribution is 0.627. The molecule has 0 aliphatic carbocycles. The van der Waals surface area contributed by atoms with Crippen LogP contribution in [0.4, 0.5) is 4.39 Å². The Balaban J connectivity index is 2.32. The van der Waals surface area contributed by atoms with Gasteiger partial charge in [0.2, 0.25) is 0 Å². The molecule has 3 heteroatoms. The van der Waals surface area contributed by atoms with E-state index in [4.69, 9.17) is 0 Å². The number of hydrogen-bond donors (Lipinski definition) is 0. The fourth-order valence-corrected chi connectivity index (χ4v) is 3.35. The first-order chi connectivity index (χ1) is 7.18. The topological polar surface area (TPSA) is 0 Å². The molecular formula is C12H10BrFS. The van der Waals surface area contributed by atoms with Crippen molar-refractivity contribution in [3.05, 3.63) is 57.5 Å². The van der Waals surface area contributed by atoms with Crippen LogP contribution in [0.15, 0.2) is 35.7 Å². The molecule has 0 radical (unpaired) electrons. The zero-order valence-corrected chi connectivity index (χ0v) is 10.6. The zero-order chi connectivity index (χ0) is 10.8. The monoisotopic (exact) mass is 284 g/mol. The van der Waals surface area contributed by atoms with Gasteiger partial charge in [0.25, 0.3) is 0 Å². The van der Waals surface area contributed by atoms with Gasteiger partial charge in [-0.25, -0.2) is 4.39 Å². The summed E-state index contributed by atoms with van der Waals surface area (Å²) in [6, 6.07) is 8.71. The van der Waals surface area contributed by atoms with Crippen molar-refractivity contribution >= 4 is 27.3 Å². The Morgan fingerprint density at radius 3 is 2.40 bits per heavy atom. The summed E-state index contributed by atoms with van der Waals surface area (Å²) in [6.45, 7) is 2.09. The molecule has 0 spiro atoms. The summed E-state index contributed by atoms with van der Waals surface area (Å²) in [7, 11) is 0. The summed E-state index contributed by atoms with van der Waals surface area (Å²) >= 11 is 5.35. The number of alkyl halides is 1. The van der Waals surface area contributed by atoms with Crippen LogP contribution in [0.1, 0.15) is 20.8 Å². The van der Waals surface area contributed by atoms with Crippen molar-refractivity contribution in [3.63, 3.8) is 0 Å². The standard InChI is InChI=1S/C12H10BrFS/c1-8-6-7-15-12(8)11(13)9-2-4-10(14)5-3-9/h2-7,11H,1H3. The summed E-state index contributed by atoms with van der Waals surface area (Å²) < 4.78 is 12.8. The second kappa shape index (κ2) is 4.45. The van der Waals surface area contributed by atoms with Gasteiger partial charge in [-0.2, -0.15) is 0 Å². The predicted octanol–water partition coefficient (Wildman–Crippen LogP) is 4.68. The van der Waals surface area contributed by atoms with Crippen molar-refractivity contribution in [1.29, 1.82) is 0 Å². The van der Waals surface area contributed by atoms with Gasteiger partial charge >= 0.3 is 0 Å². The first-order valence-corrected chi connectivity index (χ1v) is 6.41. The quantitative estimate of drug-likeness (QED) is 0.703. The Labute approximate surface area is 101 Å². The SMILES string of the molecule is Cc1ccsc1C(Br)c1ccc(F)cc1. The van der Waals surface area contributed by atoms with Crippen LogP contribution in [0.25, 0.3) is 0 Å². The molecule has 0 amide bonds. The number of rotatable bonds is 2. The fourth-order valence-electron chi connectivity index (χ4n) is 1.43. The highest BCUT2D eigenvalue weighted by atomic mass is 79.9. The molecule has 0 nitrogen and oxygen atoms in total. The van der Waals surface area contributed by atoms with Crippen molar-refractivity contribution in [1.82, 2.24) is 0 Å². The van der Waals surface area contributed by atoms with Crippen molar-refractivity contribution in [3.8, 4) is 0 Å². The summed E-state index contributed by atoms with van der Waals surface area (Å²) in [6.07, 6.45) is 0. The van der Waals surface area contributed by atoms with Crippen LogP contribution >= 0.6 is 27.3 Å². The molecule has 1 heterocycles. The van der Waals surface area contributed by atoms with Crippen molar-refractivity contribution < 1.29 is 4.39 Å². The van der Waals surface area contributed by atoms with Crippen LogP contribution < -0.4 is 0 Å². The fraction of sp³-hybridized carbons (Fsp3) is 0.167. The third kappa shape index (κ3) is 2.29. The van der Waals surface area contributed by atoms with Crippen LogP contribution in [0.5, 0.6) is 0 Å². The smallest absolute Gasteiger partial charge is 0.123 e. The molecule has 78 valence electrons. The largest absolute Gasteiger partial charge is 0.207 e. The minimum Gasteiger partial charge on any atom is -0.207 e. The van der Waals surface area contributed by atoms with Crippen LogP contribution in [0.2, 0.25) is 0 Å². The van der Waals surface area contributed by atoms with Gasteiger partial charge in [0.05, 0.1) is 4.83 Å². The Morgan fingerprint density at radius 2 is 1.87 bits per heavy atom.